The average Bonchev–Trinajstić information content (AvgIpc) is 2.78. The Balaban J connectivity index is 1.32. The quantitative estimate of drug-likeness (QED) is 0.604. The summed E-state index contributed by atoms with van der Waals surface area (Å²) in [6.45, 7) is 7.44. The molecule has 6 bridgehead atoms. The Morgan fingerprint density at radius 1 is 1.06 bits per heavy atom. The van der Waals surface area contributed by atoms with E-state index in [0.29, 0.717) is 17.6 Å². The molecule has 0 N–H and O–H groups in total. The van der Waals surface area contributed by atoms with Crippen molar-refractivity contribution in [3.63, 3.8) is 0 Å². The SMILES string of the molecule is CCOC[C@@]12CC3CC(C(=O)C[C@@H]4CN5CCC4CC5)(C1)C[C@](c1ccccc1)(C3)C2. The standard InChI is InChI=1S/C28H39NO2/c1-2-31-20-26-13-21-14-27(17-26,24-6-4-3-5-7-24)19-28(15-21,18-26)25(30)12-23-16-29-10-8-22(23)9-11-29/h3-7,21-23H,2,8-20H2,1H3/t21?,23-,26-,27+,28?/m1/s1. The van der Waals surface area contributed by atoms with Gasteiger partial charge in [0.2, 0.25) is 0 Å². The zero-order chi connectivity index (χ0) is 21.1. The van der Waals surface area contributed by atoms with Gasteiger partial charge in [-0.1, -0.05) is 30.3 Å². The Morgan fingerprint density at radius 3 is 2.58 bits per heavy atom. The molecule has 4 saturated carbocycles. The Morgan fingerprint density at radius 2 is 1.87 bits per heavy atom. The third kappa shape index (κ3) is 3.33. The van der Waals surface area contributed by atoms with Crippen LogP contribution in [0.3, 0.4) is 0 Å². The van der Waals surface area contributed by atoms with Crippen molar-refractivity contribution in [1.82, 2.24) is 4.90 Å². The van der Waals surface area contributed by atoms with Crippen LogP contribution in [0.25, 0.3) is 0 Å². The number of Topliss-reactive ketones (excluding diaryl/α,β-unsaturated/α-hetero) is 1. The van der Waals surface area contributed by atoms with E-state index in [1.165, 1.54) is 57.3 Å². The molecule has 3 nitrogen and oxygen atoms in total. The summed E-state index contributed by atoms with van der Waals surface area (Å²) < 4.78 is 6.10. The predicted octanol–water partition coefficient (Wildman–Crippen LogP) is 5.23. The van der Waals surface area contributed by atoms with Crippen LogP contribution in [0.2, 0.25) is 0 Å². The van der Waals surface area contributed by atoms with Gasteiger partial charge in [0.15, 0.2) is 0 Å². The second-order valence-corrected chi connectivity index (χ2v) is 12.1. The maximum Gasteiger partial charge on any atom is 0.139 e. The zero-order valence-corrected chi connectivity index (χ0v) is 19.3. The Labute approximate surface area is 187 Å². The lowest BCUT2D eigenvalue weighted by molar-refractivity contribution is -0.172. The number of fused-ring (bicyclic) bond motifs is 3. The molecule has 5 atom stereocenters. The molecule has 168 valence electrons. The minimum absolute atomic E-state index is 0.0988. The van der Waals surface area contributed by atoms with Crippen LogP contribution in [0.5, 0.6) is 0 Å². The summed E-state index contributed by atoms with van der Waals surface area (Å²) in [4.78, 5) is 16.8. The van der Waals surface area contributed by atoms with E-state index in [2.05, 4.69) is 42.2 Å². The van der Waals surface area contributed by atoms with E-state index in [4.69, 9.17) is 4.74 Å². The average molecular weight is 422 g/mol. The van der Waals surface area contributed by atoms with Gasteiger partial charge in [-0.05, 0) is 106 Å². The highest BCUT2D eigenvalue weighted by Crippen LogP contribution is 2.70. The van der Waals surface area contributed by atoms with Crippen LogP contribution in [0.4, 0.5) is 0 Å². The minimum atomic E-state index is -0.0988. The first-order valence-electron chi connectivity index (χ1n) is 12.9. The number of nitrogens with zero attached hydrogens (tertiary/aromatic N) is 1. The highest BCUT2D eigenvalue weighted by Gasteiger charge is 2.65. The molecule has 7 fully saturated rings. The number of carbonyl (C=O) groups excluding carboxylic acids is 1. The van der Waals surface area contributed by atoms with Gasteiger partial charge in [-0.2, -0.15) is 0 Å². The summed E-state index contributed by atoms with van der Waals surface area (Å²) >= 11 is 0. The topological polar surface area (TPSA) is 29.5 Å². The van der Waals surface area contributed by atoms with Crippen LogP contribution in [0, 0.1) is 28.6 Å². The van der Waals surface area contributed by atoms with Gasteiger partial charge in [-0.25, -0.2) is 0 Å². The van der Waals surface area contributed by atoms with Crippen LogP contribution < -0.4 is 0 Å². The highest BCUT2D eigenvalue weighted by atomic mass is 16.5. The molecule has 7 aliphatic rings. The maximum absolute atomic E-state index is 14.2. The molecule has 0 amide bonds. The third-order valence-corrected chi connectivity index (χ3v) is 10.0. The molecule has 31 heavy (non-hydrogen) atoms. The van der Waals surface area contributed by atoms with Gasteiger partial charge in [0.1, 0.15) is 5.78 Å². The molecule has 3 saturated heterocycles. The first-order valence-corrected chi connectivity index (χ1v) is 12.9. The number of piperidine rings is 3. The van der Waals surface area contributed by atoms with Gasteiger partial charge in [0.25, 0.3) is 0 Å². The van der Waals surface area contributed by atoms with Crippen molar-refractivity contribution in [2.75, 3.05) is 32.8 Å². The van der Waals surface area contributed by atoms with Crippen molar-refractivity contribution >= 4 is 5.78 Å². The van der Waals surface area contributed by atoms with Gasteiger partial charge in [0.05, 0.1) is 6.61 Å². The maximum atomic E-state index is 14.2. The van der Waals surface area contributed by atoms with E-state index < -0.39 is 0 Å². The number of carbonyl (C=O) groups is 1. The lowest BCUT2D eigenvalue weighted by Crippen LogP contribution is -2.62. The number of benzene rings is 1. The molecule has 2 unspecified atom stereocenters. The molecule has 4 aliphatic carbocycles. The van der Waals surface area contributed by atoms with Gasteiger partial charge in [-0.15, -0.1) is 0 Å². The minimum Gasteiger partial charge on any atom is -0.381 e. The van der Waals surface area contributed by atoms with Gasteiger partial charge < -0.3 is 9.64 Å². The fraction of sp³-hybridized carbons (Fsp3) is 0.750. The summed E-state index contributed by atoms with van der Waals surface area (Å²) in [6, 6.07) is 11.2. The van der Waals surface area contributed by atoms with Crippen LogP contribution in [-0.4, -0.2) is 43.5 Å². The first kappa shape index (κ1) is 20.4. The predicted molar refractivity (Wildman–Crippen MR) is 123 cm³/mol. The van der Waals surface area contributed by atoms with Crippen molar-refractivity contribution in [2.45, 2.75) is 70.1 Å². The fourth-order valence-electron chi connectivity index (χ4n) is 9.32. The molecule has 0 aromatic heterocycles. The van der Waals surface area contributed by atoms with E-state index >= 15 is 0 Å². The summed E-state index contributed by atoms with van der Waals surface area (Å²) in [5.74, 6) is 2.71. The first-order chi connectivity index (χ1) is 15.0. The Bertz CT molecular complexity index is 831. The summed E-state index contributed by atoms with van der Waals surface area (Å²) in [5, 5.41) is 0. The van der Waals surface area contributed by atoms with Crippen molar-refractivity contribution in [1.29, 1.82) is 0 Å². The second kappa shape index (κ2) is 7.42. The number of hydrogen-bond acceptors (Lipinski definition) is 3. The normalized spacial score (nSPS) is 45.2. The molecular weight excluding hydrogens is 382 g/mol. The lowest BCUT2D eigenvalue weighted by atomic mass is 9.37. The molecule has 1 aromatic carbocycles. The number of ketones is 1. The van der Waals surface area contributed by atoms with Crippen molar-refractivity contribution in [3.05, 3.63) is 35.9 Å². The van der Waals surface area contributed by atoms with Gasteiger partial charge in [0, 0.05) is 25.0 Å². The largest absolute Gasteiger partial charge is 0.381 e. The summed E-state index contributed by atoms with van der Waals surface area (Å²) in [6.07, 6.45) is 10.6. The van der Waals surface area contributed by atoms with Crippen molar-refractivity contribution in [3.8, 4) is 0 Å². The van der Waals surface area contributed by atoms with Gasteiger partial charge in [-0.3, -0.25) is 4.79 Å². The number of hydrogen-bond donors (Lipinski definition) is 0. The van der Waals surface area contributed by atoms with Crippen LogP contribution in [0.15, 0.2) is 30.3 Å². The molecular formula is C28H39NO2. The molecule has 3 heteroatoms. The summed E-state index contributed by atoms with van der Waals surface area (Å²) in [5.41, 5.74) is 1.77. The molecule has 0 radical (unpaired) electrons. The van der Waals surface area contributed by atoms with E-state index in [9.17, 15) is 4.79 Å². The monoisotopic (exact) mass is 421 g/mol. The molecule has 0 spiro atoms. The molecule has 8 rings (SSSR count). The van der Waals surface area contributed by atoms with Crippen molar-refractivity contribution < 1.29 is 9.53 Å². The van der Waals surface area contributed by atoms with Crippen LogP contribution >= 0.6 is 0 Å². The second-order valence-electron chi connectivity index (χ2n) is 12.1. The fourth-order valence-corrected chi connectivity index (χ4v) is 9.32. The smallest absolute Gasteiger partial charge is 0.139 e. The van der Waals surface area contributed by atoms with E-state index in [0.717, 1.165) is 44.8 Å². The molecule has 3 aliphatic heterocycles. The van der Waals surface area contributed by atoms with E-state index in [1.807, 2.05) is 0 Å². The third-order valence-electron chi connectivity index (χ3n) is 10.0. The zero-order valence-electron chi connectivity index (χ0n) is 19.3. The number of ether oxygens (including phenoxy) is 1. The molecule has 1 aromatic rings. The van der Waals surface area contributed by atoms with Crippen LogP contribution in [-0.2, 0) is 14.9 Å². The van der Waals surface area contributed by atoms with Gasteiger partial charge >= 0.3 is 0 Å². The molecule has 3 heterocycles. The Kier molecular flexibility index (Phi) is 4.89. The lowest BCUT2D eigenvalue weighted by Gasteiger charge is -2.66. The van der Waals surface area contributed by atoms with E-state index in [-0.39, 0.29) is 16.2 Å². The highest BCUT2D eigenvalue weighted by molar-refractivity contribution is 5.86. The van der Waals surface area contributed by atoms with Crippen molar-refractivity contribution in [2.24, 2.45) is 28.6 Å². The van der Waals surface area contributed by atoms with Crippen LogP contribution in [0.1, 0.15) is 70.3 Å². The summed E-state index contributed by atoms with van der Waals surface area (Å²) in [7, 11) is 0. The number of rotatable bonds is 7. The van der Waals surface area contributed by atoms with E-state index in [1.54, 1.807) is 0 Å². The Hall–Kier alpha value is -1.19.